The van der Waals surface area contributed by atoms with Gasteiger partial charge in [-0.2, -0.15) is 0 Å². The molecular weight excluding hydrogens is 302 g/mol. The van der Waals surface area contributed by atoms with Crippen LogP contribution in [0.25, 0.3) is 0 Å². The van der Waals surface area contributed by atoms with Gasteiger partial charge in [0.15, 0.2) is 0 Å². The number of nitrogens with zero attached hydrogens (tertiary/aromatic N) is 2. The molecule has 0 aromatic carbocycles. The number of amides is 1. The van der Waals surface area contributed by atoms with Crippen molar-refractivity contribution in [1.82, 2.24) is 15.1 Å². The van der Waals surface area contributed by atoms with Crippen LogP contribution in [-0.4, -0.2) is 55.0 Å². The molecule has 0 unspecified atom stereocenters. The molecule has 1 spiro atoms. The summed E-state index contributed by atoms with van der Waals surface area (Å²) in [6.07, 6.45) is 4.52. The number of carbonyl (C=O) groups is 1. The van der Waals surface area contributed by atoms with E-state index in [1.165, 1.54) is 12.8 Å². The van der Waals surface area contributed by atoms with Crippen LogP contribution in [0.5, 0.6) is 0 Å². The van der Waals surface area contributed by atoms with Crippen LogP contribution in [-0.2, 0) is 11.3 Å². The molecule has 0 radical (unpaired) electrons. The summed E-state index contributed by atoms with van der Waals surface area (Å²) in [5.74, 6) is 1.88. The SMILES string of the molecule is CCCN1CC2(CCN(C)CC2)C[C@H]1C(=O)NCc1ccc(C)o1. The van der Waals surface area contributed by atoms with Crippen molar-refractivity contribution in [2.75, 3.05) is 33.2 Å². The number of likely N-dealkylation sites (tertiary alicyclic amines) is 2. The van der Waals surface area contributed by atoms with Gasteiger partial charge in [-0.3, -0.25) is 9.69 Å². The summed E-state index contributed by atoms with van der Waals surface area (Å²) < 4.78 is 5.56. The van der Waals surface area contributed by atoms with E-state index in [2.05, 4.69) is 29.1 Å². The van der Waals surface area contributed by atoms with Crippen molar-refractivity contribution in [1.29, 1.82) is 0 Å². The molecule has 1 aromatic rings. The van der Waals surface area contributed by atoms with Crippen LogP contribution in [0.3, 0.4) is 0 Å². The summed E-state index contributed by atoms with van der Waals surface area (Å²) >= 11 is 0. The fourth-order valence-electron chi connectivity index (χ4n) is 4.25. The molecule has 2 saturated heterocycles. The zero-order valence-corrected chi connectivity index (χ0v) is 15.3. The van der Waals surface area contributed by atoms with E-state index in [1.54, 1.807) is 0 Å². The molecule has 5 heteroatoms. The second-order valence-electron chi connectivity index (χ2n) is 7.72. The zero-order chi connectivity index (χ0) is 17.2. The van der Waals surface area contributed by atoms with E-state index in [0.717, 1.165) is 50.5 Å². The number of furan rings is 1. The molecular formula is C19H31N3O2. The first-order valence-electron chi connectivity index (χ1n) is 9.27. The molecule has 1 aromatic heterocycles. The summed E-state index contributed by atoms with van der Waals surface area (Å²) in [5, 5.41) is 3.09. The van der Waals surface area contributed by atoms with Gasteiger partial charge in [-0.1, -0.05) is 6.92 Å². The van der Waals surface area contributed by atoms with E-state index in [-0.39, 0.29) is 11.9 Å². The summed E-state index contributed by atoms with van der Waals surface area (Å²) in [7, 11) is 2.20. The summed E-state index contributed by atoms with van der Waals surface area (Å²) in [4.78, 5) is 17.6. The number of carbonyl (C=O) groups excluding carboxylic acids is 1. The molecule has 1 N–H and O–H groups in total. The van der Waals surface area contributed by atoms with E-state index in [9.17, 15) is 4.79 Å². The van der Waals surface area contributed by atoms with Crippen molar-refractivity contribution < 1.29 is 9.21 Å². The molecule has 0 saturated carbocycles. The lowest BCUT2D eigenvalue weighted by molar-refractivity contribution is -0.125. The molecule has 24 heavy (non-hydrogen) atoms. The van der Waals surface area contributed by atoms with Gasteiger partial charge in [-0.15, -0.1) is 0 Å². The number of hydrogen-bond acceptors (Lipinski definition) is 4. The smallest absolute Gasteiger partial charge is 0.237 e. The molecule has 134 valence electrons. The van der Waals surface area contributed by atoms with Gasteiger partial charge in [-0.05, 0) is 76.8 Å². The van der Waals surface area contributed by atoms with E-state index in [4.69, 9.17) is 4.42 Å². The lowest BCUT2D eigenvalue weighted by Crippen LogP contribution is -2.43. The Hall–Kier alpha value is -1.33. The average molecular weight is 333 g/mol. The molecule has 5 nitrogen and oxygen atoms in total. The Bertz CT molecular complexity index is 561. The van der Waals surface area contributed by atoms with E-state index >= 15 is 0 Å². The Kier molecular flexibility index (Phi) is 5.30. The highest BCUT2D eigenvalue weighted by molar-refractivity contribution is 5.82. The molecule has 2 fully saturated rings. The molecule has 1 atom stereocenters. The van der Waals surface area contributed by atoms with Gasteiger partial charge in [-0.25, -0.2) is 0 Å². The highest BCUT2D eigenvalue weighted by atomic mass is 16.3. The predicted octanol–water partition coefficient (Wildman–Crippen LogP) is 2.40. The Balaban J connectivity index is 1.62. The van der Waals surface area contributed by atoms with Crippen molar-refractivity contribution in [3.8, 4) is 0 Å². The van der Waals surface area contributed by atoms with Gasteiger partial charge in [0, 0.05) is 6.54 Å². The summed E-state index contributed by atoms with van der Waals surface area (Å²) in [6.45, 7) is 9.00. The van der Waals surface area contributed by atoms with E-state index in [1.807, 2.05) is 19.1 Å². The summed E-state index contributed by atoms with van der Waals surface area (Å²) in [6, 6.07) is 3.89. The largest absolute Gasteiger partial charge is 0.465 e. The first-order valence-corrected chi connectivity index (χ1v) is 9.27. The lowest BCUT2D eigenvalue weighted by Gasteiger charge is -2.37. The minimum Gasteiger partial charge on any atom is -0.465 e. The third-order valence-corrected chi connectivity index (χ3v) is 5.70. The van der Waals surface area contributed by atoms with Crippen LogP contribution in [0, 0.1) is 12.3 Å². The maximum atomic E-state index is 12.8. The topological polar surface area (TPSA) is 48.7 Å². The van der Waals surface area contributed by atoms with Crippen molar-refractivity contribution in [2.24, 2.45) is 5.41 Å². The Labute approximate surface area is 145 Å². The van der Waals surface area contributed by atoms with Gasteiger partial charge >= 0.3 is 0 Å². The van der Waals surface area contributed by atoms with Gasteiger partial charge in [0.05, 0.1) is 12.6 Å². The minimum atomic E-state index is 0.0180. The number of nitrogens with one attached hydrogen (secondary N) is 1. The first kappa shape index (κ1) is 17.5. The third-order valence-electron chi connectivity index (χ3n) is 5.70. The van der Waals surface area contributed by atoms with Crippen molar-refractivity contribution in [3.05, 3.63) is 23.7 Å². The van der Waals surface area contributed by atoms with Gasteiger partial charge < -0.3 is 14.6 Å². The predicted molar refractivity (Wildman–Crippen MR) is 94.7 cm³/mol. The second kappa shape index (κ2) is 7.28. The lowest BCUT2D eigenvalue weighted by atomic mass is 9.76. The molecule has 0 aliphatic carbocycles. The molecule has 3 heterocycles. The molecule has 3 rings (SSSR count). The Morgan fingerprint density at radius 2 is 2.12 bits per heavy atom. The maximum absolute atomic E-state index is 12.8. The summed E-state index contributed by atoms with van der Waals surface area (Å²) in [5.41, 5.74) is 0.338. The highest BCUT2D eigenvalue weighted by Gasteiger charge is 2.47. The number of rotatable bonds is 5. The number of hydrogen-bond donors (Lipinski definition) is 1. The molecule has 2 aliphatic heterocycles. The van der Waals surface area contributed by atoms with Crippen LogP contribution in [0.4, 0.5) is 0 Å². The molecule has 2 aliphatic rings. The van der Waals surface area contributed by atoms with Crippen molar-refractivity contribution in [2.45, 2.75) is 52.1 Å². The quantitative estimate of drug-likeness (QED) is 0.899. The average Bonchev–Trinajstić information content (AvgIpc) is 3.13. The molecule has 1 amide bonds. The van der Waals surface area contributed by atoms with Crippen LogP contribution in [0.1, 0.15) is 44.1 Å². The first-order chi connectivity index (χ1) is 11.5. The number of piperidine rings is 1. The standard InChI is InChI=1S/C19H31N3O2/c1-4-9-22-14-19(7-10-21(3)11-8-19)12-17(22)18(23)20-13-16-6-5-15(2)24-16/h5-6,17H,4,7-14H2,1-3H3,(H,20,23)/t17-/m0/s1. The van der Waals surface area contributed by atoms with Crippen molar-refractivity contribution >= 4 is 5.91 Å². The van der Waals surface area contributed by atoms with Crippen LogP contribution in [0.2, 0.25) is 0 Å². The van der Waals surface area contributed by atoms with E-state index < -0.39 is 0 Å². The molecule has 0 bridgehead atoms. The maximum Gasteiger partial charge on any atom is 0.237 e. The Morgan fingerprint density at radius 1 is 1.38 bits per heavy atom. The van der Waals surface area contributed by atoms with Crippen LogP contribution in [0.15, 0.2) is 16.5 Å². The third kappa shape index (κ3) is 3.83. The van der Waals surface area contributed by atoms with E-state index in [0.29, 0.717) is 12.0 Å². The monoisotopic (exact) mass is 333 g/mol. The van der Waals surface area contributed by atoms with Gasteiger partial charge in [0.1, 0.15) is 11.5 Å². The zero-order valence-electron chi connectivity index (χ0n) is 15.3. The highest BCUT2D eigenvalue weighted by Crippen LogP contribution is 2.43. The fourth-order valence-corrected chi connectivity index (χ4v) is 4.25. The number of aryl methyl sites for hydroxylation is 1. The van der Waals surface area contributed by atoms with Gasteiger partial charge in [0.2, 0.25) is 5.91 Å². The van der Waals surface area contributed by atoms with Gasteiger partial charge in [0.25, 0.3) is 0 Å². The second-order valence-corrected chi connectivity index (χ2v) is 7.72. The van der Waals surface area contributed by atoms with Crippen molar-refractivity contribution in [3.63, 3.8) is 0 Å². The minimum absolute atomic E-state index is 0.0180. The fraction of sp³-hybridized carbons (Fsp3) is 0.737. The normalized spacial score (nSPS) is 24.5. The Morgan fingerprint density at radius 3 is 2.75 bits per heavy atom. The van der Waals surface area contributed by atoms with Crippen LogP contribution < -0.4 is 5.32 Å². The van der Waals surface area contributed by atoms with Crippen LogP contribution >= 0.6 is 0 Å².